The highest BCUT2D eigenvalue weighted by molar-refractivity contribution is 6.03. The molecule has 2 aromatic rings. The maximum absolute atomic E-state index is 11.4. The summed E-state index contributed by atoms with van der Waals surface area (Å²) in [6, 6.07) is 8.33. The number of esters is 1. The normalized spacial score (nSPS) is 10.2. The van der Waals surface area contributed by atoms with E-state index in [0.29, 0.717) is 10.9 Å². The van der Waals surface area contributed by atoms with E-state index in [1.807, 2.05) is 0 Å². The molecule has 1 heterocycles. The zero-order valence-corrected chi connectivity index (χ0v) is 8.11. The molecule has 0 amide bonds. The van der Waals surface area contributed by atoms with Crippen molar-refractivity contribution in [2.45, 2.75) is 0 Å². The Labute approximate surface area is 85.5 Å². The largest absolute Gasteiger partial charge is 0.465 e. The topological polar surface area (TPSA) is 59.2 Å². The lowest BCUT2D eigenvalue weighted by Gasteiger charge is -2.03. The lowest BCUT2D eigenvalue weighted by molar-refractivity contribution is 0.0603. The Morgan fingerprint density at radius 3 is 2.80 bits per heavy atom. The highest BCUT2D eigenvalue weighted by Gasteiger charge is 2.10. The van der Waals surface area contributed by atoms with E-state index in [9.17, 15) is 9.59 Å². The quantitative estimate of drug-likeness (QED) is 0.711. The van der Waals surface area contributed by atoms with E-state index >= 15 is 0 Å². The summed E-state index contributed by atoms with van der Waals surface area (Å²) in [5.41, 5.74) is 0.608. The number of fused-ring (bicyclic) bond motifs is 1. The molecule has 4 heteroatoms. The monoisotopic (exact) mass is 203 g/mol. The number of ether oxygens (including phenoxy) is 1. The lowest BCUT2D eigenvalue weighted by atomic mass is 10.1. The van der Waals surface area contributed by atoms with Gasteiger partial charge in [0.1, 0.15) is 0 Å². The van der Waals surface area contributed by atoms with Gasteiger partial charge in [-0.05, 0) is 6.07 Å². The minimum atomic E-state index is -0.502. The molecule has 0 unspecified atom stereocenters. The summed E-state index contributed by atoms with van der Waals surface area (Å²) in [4.78, 5) is 25.3. The first kappa shape index (κ1) is 9.45. The molecule has 1 N–H and O–H groups in total. The van der Waals surface area contributed by atoms with Crippen LogP contribution < -0.4 is 5.56 Å². The van der Waals surface area contributed by atoms with Crippen LogP contribution in [0.2, 0.25) is 0 Å². The fourth-order valence-corrected chi connectivity index (χ4v) is 1.48. The first-order chi connectivity index (χ1) is 7.22. The number of para-hydroxylation sites is 1. The van der Waals surface area contributed by atoms with Gasteiger partial charge in [-0.1, -0.05) is 18.2 Å². The van der Waals surface area contributed by atoms with Crippen LogP contribution in [-0.4, -0.2) is 18.1 Å². The van der Waals surface area contributed by atoms with Crippen molar-refractivity contribution in [1.82, 2.24) is 4.98 Å². The van der Waals surface area contributed by atoms with Gasteiger partial charge in [0.15, 0.2) is 0 Å². The fourth-order valence-electron chi connectivity index (χ4n) is 1.48. The Morgan fingerprint density at radius 2 is 2.07 bits per heavy atom. The number of hydrogen-bond donors (Lipinski definition) is 1. The summed E-state index contributed by atoms with van der Waals surface area (Å²) in [5.74, 6) is -0.502. The van der Waals surface area contributed by atoms with Crippen molar-refractivity contribution in [1.29, 1.82) is 0 Å². The molecule has 0 saturated heterocycles. The van der Waals surface area contributed by atoms with Gasteiger partial charge >= 0.3 is 5.97 Å². The second kappa shape index (κ2) is 3.57. The van der Waals surface area contributed by atoms with Gasteiger partial charge in [0.05, 0.1) is 12.7 Å². The van der Waals surface area contributed by atoms with E-state index in [4.69, 9.17) is 0 Å². The smallest absolute Gasteiger partial charge is 0.338 e. The average molecular weight is 203 g/mol. The van der Waals surface area contributed by atoms with Crippen molar-refractivity contribution in [2.75, 3.05) is 7.11 Å². The lowest BCUT2D eigenvalue weighted by Crippen LogP contribution is -2.11. The summed E-state index contributed by atoms with van der Waals surface area (Å²) < 4.78 is 4.61. The van der Waals surface area contributed by atoms with E-state index in [1.165, 1.54) is 13.2 Å². The standard InChI is InChI=1S/C11H9NO3/c1-15-11(14)8-6-10(13)12-9-5-3-2-4-7(8)9/h2-6H,1H3,(H,12,13). The van der Waals surface area contributed by atoms with Gasteiger partial charge in [-0.3, -0.25) is 4.79 Å². The molecule has 0 spiro atoms. The second-order valence-corrected chi connectivity index (χ2v) is 3.08. The van der Waals surface area contributed by atoms with Crippen LogP contribution in [0.4, 0.5) is 0 Å². The molecule has 0 fully saturated rings. The van der Waals surface area contributed by atoms with Gasteiger partial charge in [0.25, 0.3) is 0 Å². The van der Waals surface area contributed by atoms with E-state index in [2.05, 4.69) is 9.72 Å². The van der Waals surface area contributed by atoms with Crippen LogP contribution in [0.1, 0.15) is 10.4 Å². The van der Waals surface area contributed by atoms with Crippen LogP contribution in [0.15, 0.2) is 35.1 Å². The first-order valence-corrected chi connectivity index (χ1v) is 4.43. The molecule has 0 aliphatic rings. The van der Waals surface area contributed by atoms with Crippen molar-refractivity contribution >= 4 is 16.9 Å². The summed E-state index contributed by atoms with van der Waals surface area (Å²) in [6.07, 6.45) is 0. The molecular formula is C11H9NO3. The maximum atomic E-state index is 11.4. The number of carbonyl (C=O) groups excluding carboxylic acids is 1. The minimum Gasteiger partial charge on any atom is -0.465 e. The molecule has 15 heavy (non-hydrogen) atoms. The summed E-state index contributed by atoms with van der Waals surface area (Å²) in [6.45, 7) is 0. The molecule has 4 nitrogen and oxygen atoms in total. The van der Waals surface area contributed by atoms with Gasteiger partial charge in [0, 0.05) is 17.0 Å². The zero-order chi connectivity index (χ0) is 10.8. The van der Waals surface area contributed by atoms with Gasteiger partial charge in [0.2, 0.25) is 5.56 Å². The number of pyridine rings is 1. The van der Waals surface area contributed by atoms with E-state index < -0.39 is 5.97 Å². The summed E-state index contributed by atoms with van der Waals surface area (Å²) in [5, 5.41) is 0.684. The zero-order valence-electron chi connectivity index (χ0n) is 8.11. The predicted octanol–water partition coefficient (Wildman–Crippen LogP) is 1.31. The number of carbonyl (C=O) groups is 1. The number of H-pyrrole nitrogens is 1. The molecule has 0 saturated carbocycles. The number of hydrogen-bond acceptors (Lipinski definition) is 3. The minimum absolute atomic E-state index is 0.289. The summed E-state index contributed by atoms with van der Waals surface area (Å²) in [7, 11) is 1.29. The predicted molar refractivity (Wildman–Crippen MR) is 55.9 cm³/mol. The number of aromatic nitrogens is 1. The molecule has 0 aliphatic heterocycles. The van der Waals surface area contributed by atoms with E-state index in [1.54, 1.807) is 24.3 Å². The number of benzene rings is 1. The number of methoxy groups -OCH3 is 1. The molecule has 0 radical (unpaired) electrons. The Bertz CT molecular complexity index is 571. The van der Waals surface area contributed by atoms with E-state index in [-0.39, 0.29) is 11.1 Å². The third kappa shape index (κ3) is 1.61. The van der Waals surface area contributed by atoms with Crippen LogP contribution >= 0.6 is 0 Å². The van der Waals surface area contributed by atoms with Crippen LogP contribution in [-0.2, 0) is 4.74 Å². The molecular weight excluding hydrogens is 194 g/mol. The molecule has 1 aromatic carbocycles. The van der Waals surface area contributed by atoms with Gasteiger partial charge in [-0.25, -0.2) is 4.79 Å². The average Bonchev–Trinajstić information content (AvgIpc) is 2.26. The van der Waals surface area contributed by atoms with Crippen molar-refractivity contribution in [3.8, 4) is 0 Å². The highest BCUT2D eigenvalue weighted by atomic mass is 16.5. The molecule has 0 atom stereocenters. The highest BCUT2D eigenvalue weighted by Crippen LogP contribution is 2.14. The Balaban J connectivity index is 2.82. The van der Waals surface area contributed by atoms with Crippen molar-refractivity contribution in [3.05, 3.63) is 46.2 Å². The van der Waals surface area contributed by atoms with Crippen LogP contribution in [0, 0.1) is 0 Å². The second-order valence-electron chi connectivity index (χ2n) is 3.08. The first-order valence-electron chi connectivity index (χ1n) is 4.43. The summed E-state index contributed by atoms with van der Waals surface area (Å²) >= 11 is 0. The Kier molecular flexibility index (Phi) is 2.25. The molecule has 1 aromatic heterocycles. The van der Waals surface area contributed by atoms with Gasteiger partial charge in [-0.15, -0.1) is 0 Å². The van der Waals surface area contributed by atoms with Crippen molar-refractivity contribution < 1.29 is 9.53 Å². The SMILES string of the molecule is COC(=O)c1cc(=O)[nH]c2ccccc12. The van der Waals surface area contributed by atoms with E-state index in [0.717, 1.165) is 0 Å². The molecule has 76 valence electrons. The Hall–Kier alpha value is -2.10. The number of nitrogens with one attached hydrogen (secondary N) is 1. The van der Waals surface area contributed by atoms with Crippen LogP contribution in [0.3, 0.4) is 0 Å². The van der Waals surface area contributed by atoms with Crippen LogP contribution in [0.5, 0.6) is 0 Å². The maximum Gasteiger partial charge on any atom is 0.338 e. The number of rotatable bonds is 1. The number of aromatic amines is 1. The third-order valence-electron chi connectivity index (χ3n) is 2.16. The van der Waals surface area contributed by atoms with Crippen LogP contribution in [0.25, 0.3) is 10.9 Å². The third-order valence-corrected chi connectivity index (χ3v) is 2.16. The van der Waals surface area contributed by atoms with Crippen molar-refractivity contribution in [3.63, 3.8) is 0 Å². The van der Waals surface area contributed by atoms with Crippen molar-refractivity contribution in [2.24, 2.45) is 0 Å². The molecule has 0 aliphatic carbocycles. The van der Waals surface area contributed by atoms with Gasteiger partial charge in [-0.2, -0.15) is 0 Å². The van der Waals surface area contributed by atoms with Gasteiger partial charge < -0.3 is 9.72 Å². The Morgan fingerprint density at radius 1 is 1.33 bits per heavy atom. The fraction of sp³-hybridized carbons (Fsp3) is 0.0909. The molecule has 2 rings (SSSR count). The molecule has 0 bridgehead atoms.